The minimum Gasteiger partial charge on any atom is -0.317 e. The third-order valence-electron chi connectivity index (χ3n) is 4.39. The fourth-order valence-electron chi connectivity index (χ4n) is 2.75. The first-order chi connectivity index (χ1) is 13.3. The minimum absolute atomic E-state index is 0.955. The van der Waals surface area contributed by atoms with Gasteiger partial charge in [0.15, 0.2) is 0 Å². The third kappa shape index (κ3) is 9.67. The normalized spacial score (nSPS) is 11.0. The van der Waals surface area contributed by atoms with Crippen molar-refractivity contribution in [3.8, 4) is 0 Å². The van der Waals surface area contributed by atoms with Crippen molar-refractivity contribution in [3.05, 3.63) is 59.7 Å². The first kappa shape index (κ1) is 22.3. The van der Waals surface area contributed by atoms with Crippen LogP contribution in [0.25, 0.3) is 0 Å². The topological polar surface area (TPSA) is 36.1 Å². The molecule has 0 saturated carbocycles. The van der Waals surface area contributed by atoms with Gasteiger partial charge in [0.05, 0.1) is 0 Å². The van der Waals surface area contributed by atoms with E-state index in [0.29, 0.717) is 0 Å². The van der Waals surface area contributed by atoms with Gasteiger partial charge in [0.1, 0.15) is 0 Å². The molecular formula is C22H33N3S2. The summed E-state index contributed by atoms with van der Waals surface area (Å²) in [7, 11) is 0. The van der Waals surface area contributed by atoms with Crippen molar-refractivity contribution >= 4 is 23.5 Å². The molecule has 0 atom stereocenters. The molecule has 0 aliphatic rings. The SMILES string of the molecule is CSc1ccc(CNCCCNCCCNCc2ccc(SC)cc2)cc1. The number of hydrogen-bond donors (Lipinski definition) is 3. The van der Waals surface area contributed by atoms with Crippen molar-refractivity contribution in [2.75, 3.05) is 38.7 Å². The van der Waals surface area contributed by atoms with E-state index in [9.17, 15) is 0 Å². The molecule has 0 spiro atoms. The Morgan fingerprint density at radius 1 is 0.556 bits per heavy atom. The highest BCUT2D eigenvalue weighted by Gasteiger charge is 1.96. The number of thioether (sulfide) groups is 2. The first-order valence-electron chi connectivity index (χ1n) is 9.70. The van der Waals surface area contributed by atoms with Crippen LogP contribution < -0.4 is 16.0 Å². The van der Waals surface area contributed by atoms with Crippen LogP contribution in [0.5, 0.6) is 0 Å². The molecular weight excluding hydrogens is 370 g/mol. The highest BCUT2D eigenvalue weighted by molar-refractivity contribution is 7.98. The second kappa shape index (κ2) is 14.1. The average Bonchev–Trinajstić information content (AvgIpc) is 2.73. The van der Waals surface area contributed by atoms with Crippen LogP contribution in [0.1, 0.15) is 24.0 Å². The summed E-state index contributed by atoms with van der Waals surface area (Å²) in [5, 5.41) is 10.6. The minimum atomic E-state index is 0.955. The van der Waals surface area contributed by atoms with E-state index in [-0.39, 0.29) is 0 Å². The highest BCUT2D eigenvalue weighted by atomic mass is 32.2. The summed E-state index contributed by atoms with van der Waals surface area (Å²) < 4.78 is 0. The zero-order valence-corrected chi connectivity index (χ0v) is 18.2. The van der Waals surface area contributed by atoms with Crippen LogP contribution >= 0.6 is 23.5 Å². The van der Waals surface area contributed by atoms with E-state index in [1.807, 2.05) is 0 Å². The van der Waals surface area contributed by atoms with E-state index in [1.165, 1.54) is 20.9 Å². The van der Waals surface area contributed by atoms with Crippen LogP contribution in [0, 0.1) is 0 Å². The largest absolute Gasteiger partial charge is 0.317 e. The predicted octanol–water partition coefficient (Wildman–Crippen LogP) is 4.38. The smallest absolute Gasteiger partial charge is 0.0205 e. The lowest BCUT2D eigenvalue weighted by molar-refractivity contribution is 0.565. The second-order valence-corrected chi connectivity index (χ2v) is 8.27. The van der Waals surface area contributed by atoms with Crippen LogP contribution in [0.4, 0.5) is 0 Å². The van der Waals surface area contributed by atoms with Gasteiger partial charge in [0, 0.05) is 22.9 Å². The van der Waals surface area contributed by atoms with E-state index >= 15 is 0 Å². The van der Waals surface area contributed by atoms with Gasteiger partial charge in [-0.15, -0.1) is 23.5 Å². The summed E-state index contributed by atoms with van der Waals surface area (Å²) in [5.74, 6) is 0. The van der Waals surface area contributed by atoms with E-state index in [0.717, 1.165) is 52.1 Å². The molecule has 0 fully saturated rings. The van der Waals surface area contributed by atoms with Gasteiger partial charge in [-0.3, -0.25) is 0 Å². The molecule has 27 heavy (non-hydrogen) atoms. The third-order valence-corrected chi connectivity index (χ3v) is 5.88. The molecule has 0 heterocycles. The van der Waals surface area contributed by atoms with Crippen LogP contribution in [0.2, 0.25) is 0 Å². The van der Waals surface area contributed by atoms with E-state index in [4.69, 9.17) is 0 Å². The molecule has 2 aromatic rings. The van der Waals surface area contributed by atoms with Gasteiger partial charge < -0.3 is 16.0 Å². The lowest BCUT2D eigenvalue weighted by atomic mass is 10.2. The van der Waals surface area contributed by atoms with Crippen molar-refractivity contribution in [2.24, 2.45) is 0 Å². The summed E-state index contributed by atoms with van der Waals surface area (Å²) in [4.78, 5) is 2.65. The number of nitrogens with one attached hydrogen (secondary N) is 3. The van der Waals surface area contributed by atoms with Gasteiger partial charge in [0.2, 0.25) is 0 Å². The second-order valence-electron chi connectivity index (χ2n) is 6.51. The predicted molar refractivity (Wildman–Crippen MR) is 122 cm³/mol. The summed E-state index contributed by atoms with van der Waals surface area (Å²) in [5.41, 5.74) is 2.71. The van der Waals surface area contributed by atoms with Crippen molar-refractivity contribution in [1.82, 2.24) is 16.0 Å². The molecule has 0 radical (unpaired) electrons. The fraction of sp³-hybridized carbons (Fsp3) is 0.455. The lowest BCUT2D eigenvalue weighted by Gasteiger charge is -2.08. The van der Waals surface area contributed by atoms with Crippen LogP contribution in [0.3, 0.4) is 0 Å². The summed E-state index contributed by atoms with van der Waals surface area (Å²) in [6.07, 6.45) is 6.55. The molecule has 0 aliphatic carbocycles. The lowest BCUT2D eigenvalue weighted by Crippen LogP contribution is -2.25. The molecule has 5 heteroatoms. The molecule has 2 aromatic carbocycles. The molecule has 148 valence electrons. The van der Waals surface area contributed by atoms with Gasteiger partial charge in [0.25, 0.3) is 0 Å². The van der Waals surface area contributed by atoms with Crippen molar-refractivity contribution in [3.63, 3.8) is 0 Å². The molecule has 0 amide bonds. The average molecular weight is 404 g/mol. The maximum absolute atomic E-state index is 3.53. The number of rotatable bonds is 14. The maximum Gasteiger partial charge on any atom is 0.0205 e. The fourth-order valence-corrected chi connectivity index (χ4v) is 3.57. The summed E-state index contributed by atoms with van der Waals surface area (Å²) >= 11 is 3.58. The Morgan fingerprint density at radius 2 is 0.926 bits per heavy atom. The van der Waals surface area contributed by atoms with Crippen molar-refractivity contribution in [1.29, 1.82) is 0 Å². The number of benzene rings is 2. The maximum atomic E-state index is 3.53. The van der Waals surface area contributed by atoms with Gasteiger partial charge in [-0.25, -0.2) is 0 Å². The van der Waals surface area contributed by atoms with Crippen LogP contribution in [-0.2, 0) is 13.1 Å². The standard InChI is InChI=1S/C22H33N3S2/c1-26-21-9-5-19(6-10-21)17-24-15-3-13-23-14-4-16-25-18-20-7-11-22(27-2)12-8-20/h5-12,23-25H,3-4,13-18H2,1-2H3. The van der Waals surface area contributed by atoms with Crippen LogP contribution in [-0.4, -0.2) is 38.7 Å². The molecule has 3 N–H and O–H groups in total. The zero-order valence-electron chi connectivity index (χ0n) is 16.6. The molecule has 2 rings (SSSR count). The molecule has 0 aliphatic heterocycles. The van der Waals surface area contributed by atoms with Crippen LogP contribution in [0.15, 0.2) is 58.3 Å². The zero-order chi connectivity index (χ0) is 19.2. The molecule has 0 saturated heterocycles. The number of hydrogen-bond acceptors (Lipinski definition) is 5. The highest BCUT2D eigenvalue weighted by Crippen LogP contribution is 2.15. The Hall–Kier alpha value is -0.980. The summed E-state index contributed by atoms with van der Waals surface area (Å²) in [6, 6.07) is 17.6. The van der Waals surface area contributed by atoms with E-state index < -0.39 is 0 Å². The molecule has 0 bridgehead atoms. The van der Waals surface area contributed by atoms with Gasteiger partial charge in [-0.2, -0.15) is 0 Å². The Bertz CT molecular complexity index is 559. The van der Waals surface area contributed by atoms with Gasteiger partial charge in [-0.05, 0) is 86.9 Å². The van der Waals surface area contributed by atoms with Gasteiger partial charge >= 0.3 is 0 Å². The Balaban J connectivity index is 1.39. The molecule has 0 aromatic heterocycles. The van der Waals surface area contributed by atoms with E-state index in [2.05, 4.69) is 77.0 Å². The first-order valence-corrected chi connectivity index (χ1v) is 12.1. The van der Waals surface area contributed by atoms with E-state index in [1.54, 1.807) is 23.5 Å². The Kier molecular flexibility index (Phi) is 11.6. The molecule has 3 nitrogen and oxygen atoms in total. The Labute approximate surface area is 173 Å². The van der Waals surface area contributed by atoms with Gasteiger partial charge in [-0.1, -0.05) is 24.3 Å². The quantitative estimate of drug-likeness (QED) is 0.322. The summed E-state index contributed by atoms with van der Waals surface area (Å²) in [6.45, 7) is 6.18. The molecule has 0 unspecified atom stereocenters. The van der Waals surface area contributed by atoms with Crippen molar-refractivity contribution in [2.45, 2.75) is 35.7 Å². The monoisotopic (exact) mass is 403 g/mol. The van der Waals surface area contributed by atoms with Crippen molar-refractivity contribution < 1.29 is 0 Å². The Morgan fingerprint density at radius 3 is 1.30 bits per heavy atom.